The van der Waals surface area contributed by atoms with E-state index in [-0.39, 0.29) is 5.56 Å². The summed E-state index contributed by atoms with van der Waals surface area (Å²) in [4.78, 5) is 16.0. The molecule has 116 valence electrons. The fourth-order valence-electron chi connectivity index (χ4n) is 2.20. The number of nitrogens with zero attached hydrogens (tertiary/aromatic N) is 1. The van der Waals surface area contributed by atoms with Crippen LogP contribution in [0.1, 0.15) is 10.4 Å². The lowest BCUT2D eigenvalue weighted by Gasteiger charge is -2.11. The lowest BCUT2D eigenvalue weighted by atomic mass is 10.1. The number of carboxylic acids is 1. The van der Waals surface area contributed by atoms with Crippen LogP contribution in [0, 0.1) is 3.57 Å². The number of aromatic nitrogens is 1. The van der Waals surface area contributed by atoms with Gasteiger partial charge in [-0.3, -0.25) is 0 Å². The van der Waals surface area contributed by atoms with E-state index in [9.17, 15) is 9.90 Å². The van der Waals surface area contributed by atoms with Gasteiger partial charge in [0.25, 0.3) is 0 Å². The fourth-order valence-corrected chi connectivity index (χ4v) is 2.56. The van der Waals surface area contributed by atoms with Crippen LogP contribution in [0.5, 0.6) is 5.75 Å². The van der Waals surface area contributed by atoms with Gasteiger partial charge in [-0.25, -0.2) is 9.78 Å². The Balaban J connectivity index is 2.10. The number of hydrogen-bond acceptors (Lipinski definition) is 4. The van der Waals surface area contributed by atoms with Crippen molar-refractivity contribution in [2.24, 2.45) is 0 Å². The standard InChI is InChI=1S/C17H13IN2O3/c1-23-13-7-2-10-8-14(17(21)22)16(20-15(10)9-13)19-12-5-3-11(18)4-6-12/h2-9H,1H3,(H,19,20)(H,21,22). The van der Waals surface area contributed by atoms with E-state index in [1.165, 1.54) is 0 Å². The van der Waals surface area contributed by atoms with E-state index in [1.807, 2.05) is 24.3 Å². The Morgan fingerprint density at radius 2 is 1.91 bits per heavy atom. The Hall–Kier alpha value is -2.35. The molecule has 0 radical (unpaired) electrons. The number of anilines is 2. The number of hydrogen-bond donors (Lipinski definition) is 2. The van der Waals surface area contributed by atoms with Crippen molar-refractivity contribution in [3.63, 3.8) is 0 Å². The molecule has 0 atom stereocenters. The molecule has 1 aromatic heterocycles. The summed E-state index contributed by atoms with van der Waals surface area (Å²) in [5.41, 5.74) is 1.58. The number of carboxylic acid groups (broad SMARTS) is 1. The van der Waals surface area contributed by atoms with Crippen molar-refractivity contribution in [1.29, 1.82) is 0 Å². The third-order valence-corrected chi connectivity index (χ3v) is 4.08. The molecule has 3 rings (SSSR count). The van der Waals surface area contributed by atoms with Gasteiger partial charge < -0.3 is 15.2 Å². The van der Waals surface area contributed by atoms with Crippen molar-refractivity contribution in [2.45, 2.75) is 0 Å². The highest BCUT2D eigenvalue weighted by molar-refractivity contribution is 14.1. The number of fused-ring (bicyclic) bond motifs is 1. The maximum absolute atomic E-state index is 11.5. The number of methoxy groups -OCH3 is 1. The molecule has 2 N–H and O–H groups in total. The van der Waals surface area contributed by atoms with Gasteiger partial charge in [-0.05, 0) is 65.1 Å². The summed E-state index contributed by atoms with van der Waals surface area (Å²) >= 11 is 2.21. The highest BCUT2D eigenvalue weighted by Gasteiger charge is 2.14. The molecule has 5 nitrogen and oxygen atoms in total. The van der Waals surface area contributed by atoms with Crippen molar-refractivity contribution >= 4 is 51.0 Å². The van der Waals surface area contributed by atoms with Gasteiger partial charge in [-0.15, -0.1) is 0 Å². The molecule has 3 aromatic rings. The minimum atomic E-state index is -1.02. The van der Waals surface area contributed by atoms with Gasteiger partial charge in [0.15, 0.2) is 0 Å². The average molecular weight is 420 g/mol. The molecule has 2 aromatic carbocycles. The first-order valence-corrected chi connectivity index (χ1v) is 7.89. The minimum Gasteiger partial charge on any atom is -0.497 e. The topological polar surface area (TPSA) is 71.5 Å². The van der Waals surface area contributed by atoms with Crippen LogP contribution in [0.3, 0.4) is 0 Å². The van der Waals surface area contributed by atoms with E-state index >= 15 is 0 Å². The van der Waals surface area contributed by atoms with Crippen LogP contribution in [0.2, 0.25) is 0 Å². The summed E-state index contributed by atoms with van der Waals surface area (Å²) in [5, 5.41) is 13.3. The van der Waals surface area contributed by atoms with Crippen LogP contribution in [-0.2, 0) is 0 Å². The van der Waals surface area contributed by atoms with Gasteiger partial charge >= 0.3 is 5.97 Å². The largest absolute Gasteiger partial charge is 0.497 e. The maximum atomic E-state index is 11.5. The predicted molar refractivity (Wildman–Crippen MR) is 97.7 cm³/mol. The number of nitrogens with one attached hydrogen (secondary N) is 1. The molecule has 0 fully saturated rings. The summed E-state index contributed by atoms with van der Waals surface area (Å²) < 4.78 is 6.29. The summed E-state index contributed by atoms with van der Waals surface area (Å²) in [6, 6.07) is 14.6. The Kier molecular flexibility index (Phi) is 4.33. The summed E-state index contributed by atoms with van der Waals surface area (Å²) in [7, 11) is 1.58. The van der Waals surface area contributed by atoms with Gasteiger partial charge in [-0.2, -0.15) is 0 Å². The van der Waals surface area contributed by atoms with E-state index < -0.39 is 5.97 Å². The number of halogens is 1. The molecule has 0 saturated carbocycles. The SMILES string of the molecule is COc1ccc2cc(C(=O)O)c(Nc3ccc(I)cc3)nc2c1. The first-order valence-electron chi connectivity index (χ1n) is 6.81. The first-order chi connectivity index (χ1) is 11.1. The molecule has 0 bridgehead atoms. The second kappa shape index (κ2) is 6.41. The van der Waals surface area contributed by atoms with Crippen molar-refractivity contribution in [3.05, 3.63) is 57.7 Å². The quantitative estimate of drug-likeness (QED) is 0.617. The zero-order valence-electron chi connectivity index (χ0n) is 12.2. The van der Waals surface area contributed by atoms with Crippen LogP contribution >= 0.6 is 22.6 Å². The maximum Gasteiger partial charge on any atom is 0.339 e. The van der Waals surface area contributed by atoms with Crippen LogP contribution in [0.4, 0.5) is 11.5 Å². The summed E-state index contributed by atoms with van der Waals surface area (Å²) in [5.74, 6) is -0.0454. The van der Waals surface area contributed by atoms with Gasteiger partial charge in [0.1, 0.15) is 17.1 Å². The second-order valence-corrected chi connectivity index (χ2v) is 6.13. The molecule has 0 spiro atoms. The van der Waals surface area contributed by atoms with E-state index in [1.54, 1.807) is 31.4 Å². The number of benzene rings is 2. The predicted octanol–water partition coefficient (Wildman–Crippen LogP) is 4.29. The number of pyridine rings is 1. The number of carbonyl (C=O) groups is 1. The zero-order chi connectivity index (χ0) is 16.4. The zero-order valence-corrected chi connectivity index (χ0v) is 14.4. The van der Waals surface area contributed by atoms with Crippen molar-refractivity contribution in [1.82, 2.24) is 4.98 Å². The van der Waals surface area contributed by atoms with E-state index in [0.29, 0.717) is 17.1 Å². The molecule has 1 heterocycles. The second-order valence-electron chi connectivity index (χ2n) is 4.88. The Bertz CT molecular complexity index is 879. The summed E-state index contributed by atoms with van der Waals surface area (Å²) in [6.07, 6.45) is 0. The van der Waals surface area contributed by atoms with E-state index in [0.717, 1.165) is 14.6 Å². The number of aromatic carboxylic acids is 1. The van der Waals surface area contributed by atoms with E-state index in [4.69, 9.17) is 4.74 Å². The molecular formula is C17H13IN2O3. The number of ether oxygens (including phenoxy) is 1. The van der Waals surface area contributed by atoms with Gasteiger partial charge in [0.05, 0.1) is 12.6 Å². The van der Waals surface area contributed by atoms with Gasteiger partial charge in [0.2, 0.25) is 0 Å². The monoisotopic (exact) mass is 420 g/mol. The molecule has 0 unspecified atom stereocenters. The van der Waals surface area contributed by atoms with Gasteiger partial charge in [-0.1, -0.05) is 0 Å². The average Bonchev–Trinajstić information content (AvgIpc) is 2.55. The lowest BCUT2D eigenvalue weighted by molar-refractivity contribution is 0.0698. The fraction of sp³-hybridized carbons (Fsp3) is 0.0588. The Morgan fingerprint density at radius 3 is 2.57 bits per heavy atom. The third kappa shape index (κ3) is 3.37. The van der Waals surface area contributed by atoms with Crippen molar-refractivity contribution in [2.75, 3.05) is 12.4 Å². The summed E-state index contributed by atoms with van der Waals surface area (Å²) in [6.45, 7) is 0. The first kappa shape index (κ1) is 15.5. The molecule has 0 aliphatic rings. The normalized spacial score (nSPS) is 10.5. The molecular weight excluding hydrogens is 407 g/mol. The van der Waals surface area contributed by atoms with Crippen LogP contribution < -0.4 is 10.1 Å². The van der Waals surface area contributed by atoms with Crippen LogP contribution in [0.25, 0.3) is 10.9 Å². The molecule has 23 heavy (non-hydrogen) atoms. The van der Waals surface area contributed by atoms with Crippen LogP contribution in [-0.4, -0.2) is 23.2 Å². The lowest BCUT2D eigenvalue weighted by Crippen LogP contribution is -2.05. The van der Waals surface area contributed by atoms with Crippen molar-refractivity contribution in [3.8, 4) is 5.75 Å². The molecule has 6 heteroatoms. The highest BCUT2D eigenvalue weighted by Crippen LogP contribution is 2.26. The molecule has 0 amide bonds. The molecule has 0 aliphatic carbocycles. The minimum absolute atomic E-state index is 0.126. The van der Waals surface area contributed by atoms with E-state index in [2.05, 4.69) is 32.9 Å². The smallest absolute Gasteiger partial charge is 0.339 e. The van der Waals surface area contributed by atoms with Crippen LogP contribution in [0.15, 0.2) is 48.5 Å². The molecule has 0 saturated heterocycles. The van der Waals surface area contributed by atoms with Gasteiger partial charge in [0, 0.05) is 20.7 Å². The highest BCUT2D eigenvalue weighted by atomic mass is 127. The van der Waals surface area contributed by atoms with Crippen molar-refractivity contribution < 1.29 is 14.6 Å². The number of rotatable bonds is 4. The molecule has 0 aliphatic heterocycles. The third-order valence-electron chi connectivity index (χ3n) is 3.36. The Labute approximate surface area is 146 Å². The Morgan fingerprint density at radius 1 is 1.17 bits per heavy atom.